The molecule has 8 heteroatoms. The number of fused-ring (bicyclic) bond motifs is 5. The zero-order chi connectivity index (χ0) is 38.6. The van der Waals surface area contributed by atoms with E-state index in [2.05, 4.69) is 59.1 Å². The Morgan fingerprint density at radius 3 is 2.30 bits per heavy atom. The van der Waals surface area contributed by atoms with E-state index in [1.165, 1.54) is 31.4 Å². The number of nitrogens with one attached hydrogen (secondary N) is 2. The van der Waals surface area contributed by atoms with E-state index in [1.54, 1.807) is 6.07 Å². The number of aliphatic hydroxyl groups excluding tert-OH is 1. The highest BCUT2D eigenvalue weighted by molar-refractivity contribution is 5.94. The lowest BCUT2D eigenvalue weighted by Gasteiger charge is -2.72. The Morgan fingerprint density at radius 2 is 1.60 bits per heavy atom. The van der Waals surface area contributed by atoms with Crippen molar-refractivity contribution in [1.29, 1.82) is 0 Å². The fourth-order valence-corrected chi connectivity index (χ4v) is 13.0. The van der Waals surface area contributed by atoms with Crippen molar-refractivity contribution in [2.75, 3.05) is 6.54 Å². The summed E-state index contributed by atoms with van der Waals surface area (Å²) in [5.41, 5.74) is 1.57. The van der Waals surface area contributed by atoms with Crippen LogP contribution in [0.1, 0.15) is 145 Å². The lowest BCUT2D eigenvalue weighted by Crippen LogP contribution is -2.67. The molecule has 2 amide bonds. The molecular formula is C45H63FN2O5. The van der Waals surface area contributed by atoms with Crippen LogP contribution in [-0.2, 0) is 17.8 Å². The number of carboxylic acid groups (broad SMARTS) is 1. The Morgan fingerprint density at radius 1 is 0.849 bits per heavy atom. The number of carboxylic acids is 1. The minimum atomic E-state index is -1.21. The Labute approximate surface area is 316 Å². The minimum Gasteiger partial charge on any atom is -0.478 e. The SMILES string of the molecule is CCCC1(C(=O)NCCc2cccc(C(=O)NCc3ccc(C(=O)O)cc3F)c2)CC[C@]2(C)C(CCC3C4(C)CCC(O)C(C)(C)C4CCC32C)C1C. The molecule has 0 saturated heterocycles. The normalized spacial score (nSPS) is 36.0. The molecule has 0 heterocycles. The lowest BCUT2D eigenvalue weighted by atomic mass is 9.32. The molecule has 8 unspecified atom stereocenters. The molecule has 6 rings (SSSR count). The molecule has 0 bridgehead atoms. The second-order valence-electron chi connectivity index (χ2n) is 18.7. The maximum atomic E-state index is 14.4. The zero-order valence-corrected chi connectivity index (χ0v) is 33.1. The molecule has 4 aliphatic carbocycles. The number of rotatable bonds is 10. The average molecular weight is 731 g/mol. The van der Waals surface area contributed by atoms with Gasteiger partial charge >= 0.3 is 5.97 Å². The van der Waals surface area contributed by atoms with Crippen molar-refractivity contribution in [2.24, 2.45) is 50.7 Å². The number of benzene rings is 2. The van der Waals surface area contributed by atoms with Crippen LogP contribution < -0.4 is 10.6 Å². The number of aliphatic hydroxyl groups is 1. The van der Waals surface area contributed by atoms with E-state index in [9.17, 15) is 23.9 Å². The second kappa shape index (κ2) is 14.4. The van der Waals surface area contributed by atoms with Crippen molar-refractivity contribution in [3.05, 3.63) is 70.5 Å². The summed E-state index contributed by atoms with van der Waals surface area (Å²) in [4.78, 5) is 38.5. The predicted molar refractivity (Wildman–Crippen MR) is 206 cm³/mol. The van der Waals surface area contributed by atoms with Crippen LogP contribution in [0.4, 0.5) is 4.39 Å². The first-order chi connectivity index (χ1) is 24.9. The summed E-state index contributed by atoms with van der Waals surface area (Å²) in [7, 11) is 0. The first kappa shape index (κ1) is 39.4. The summed E-state index contributed by atoms with van der Waals surface area (Å²) in [6.07, 6.45) is 10.9. The van der Waals surface area contributed by atoms with Crippen molar-refractivity contribution < 1.29 is 29.0 Å². The van der Waals surface area contributed by atoms with Crippen LogP contribution >= 0.6 is 0 Å². The van der Waals surface area contributed by atoms with Crippen LogP contribution in [-0.4, -0.2) is 40.6 Å². The quantitative estimate of drug-likeness (QED) is 0.195. The molecule has 9 atom stereocenters. The van der Waals surface area contributed by atoms with E-state index in [4.69, 9.17) is 5.11 Å². The van der Waals surface area contributed by atoms with E-state index in [-0.39, 0.29) is 63.2 Å². The number of carbonyl (C=O) groups is 3. The monoisotopic (exact) mass is 730 g/mol. The van der Waals surface area contributed by atoms with Crippen LogP contribution in [0, 0.1) is 56.6 Å². The largest absolute Gasteiger partial charge is 0.478 e. The van der Waals surface area contributed by atoms with Gasteiger partial charge in [-0.25, -0.2) is 9.18 Å². The molecule has 0 aliphatic heterocycles. The maximum absolute atomic E-state index is 14.4. The molecule has 53 heavy (non-hydrogen) atoms. The molecule has 0 spiro atoms. The van der Waals surface area contributed by atoms with Gasteiger partial charge in [0.15, 0.2) is 0 Å². The molecule has 290 valence electrons. The van der Waals surface area contributed by atoms with Crippen LogP contribution in [0.25, 0.3) is 0 Å². The molecular weight excluding hydrogens is 668 g/mol. The highest BCUT2D eigenvalue weighted by atomic mass is 19.1. The number of halogens is 1. The predicted octanol–water partition coefficient (Wildman–Crippen LogP) is 8.97. The fraction of sp³-hybridized carbons (Fsp3) is 0.667. The molecule has 0 aromatic heterocycles. The number of amides is 2. The van der Waals surface area contributed by atoms with Gasteiger partial charge < -0.3 is 20.8 Å². The summed E-state index contributed by atoms with van der Waals surface area (Å²) in [5.74, 6) is -0.153. The van der Waals surface area contributed by atoms with Gasteiger partial charge in [-0.2, -0.15) is 0 Å². The summed E-state index contributed by atoms with van der Waals surface area (Å²) < 4.78 is 14.4. The Kier molecular flexibility index (Phi) is 10.7. The molecule has 4 fully saturated rings. The van der Waals surface area contributed by atoms with Crippen LogP contribution in [0.15, 0.2) is 42.5 Å². The Hall–Kier alpha value is -3.26. The number of carbonyl (C=O) groups excluding carboxylic acids is 2. The highest BCUT2D eigenvalue weighted by Gasteiger charge is 2.69. The van der Waals surface area contributed by atoms with Gasteiger partial charge in [-0.3, -0.25) is 9.59 Å². The van der Waals surface area contributed by atoms with Gasteiger partial charge in [-0.05, 0) is 139 Å². The smallest absolute Gasteiger partial charge is 0.335 e. The maximum Gasteiger partial charge on any atom is 0.335 e. The average Bonchev–Trinajstić information content (AvgIpc) is 3.11. The summed E-state index contributed by atoms with van der Waals surface area (Å²) in [5, 5.41) is 26.2. The topological polar surface area (TPSA) is 116 Å². The standard InChI is InChI=1S/C45H63FN2O5/c1-8-19-45(40(53)47-24-18-29-10-9-11-30(25-29)38(50)48-27-32-13-12-31(39(51)52)26-34(32)46)23-22-43(6)33(28(45)2)14-15-36-42(5)20-17-37(49)41(3,4)35(42)16-21-44(36,43)7/h9-13,25-26,28,33,35-37,49H,8,14-24,27H2,1-7H3,(H,47,53)(H,48,50)(H,51,52)/t28?,33?,35?,36?,37?,42?,43-,44?,45?/m1/s1. The Bertz CT molecular complexity index is 1730. The van der Waals surface area contributed by atoms with E-state index >= 15 is 0 Å². The number of hydrogen-bond acceptors (Lipinski definition) is 4. The molecule has 0 radical (unpaired) electrons. The van der Waals surface area contributed by atoms with Crippen molar-refractivity contribution in [1.82, 2.24) is 10.6 Å². The molecule has 7 nitrogen and oxygen atoms in total. The minimum absolute atomic E-state index is 0.0614. The fourth-order valence-electron chi connectivity index (χ4n) is 13.0. The van der Waals surface area contributed by atoms with E-state index in [1.807, 2.05) is 18.2 Å². The summed E-state index contributed by atoms with van der Waals surface area (Å²) in [6, 6.07) is 10.9. The molecule has 4 N–H and O–H groups in total. The van der Waals surface area contributed by atoms with Crippen molar-refractivity contribution >= 4 is 17.8 Å². The van der Waals surface area contributed by atoms with Gasteiger partial charge in [0.2, 0.25) is 5.91 Å². The van der Waals surface area contributed by atoms with Gasteiger partial charge in [0.05, 0.1) is 17.1 Å². The first-order valence-corrected chi connectivity index (χ1v) is 20.3. The first-order valence-electron chi connectivity index (χ1n) is 20.3. The van der Waals surface area contributed by atoms with Crippen molar-refractivity contribution in [2.45, 2.75) is 132 Å². The molecule has 4 aliphatic rings. The molecule has 4 saturated carbocycles. The van der Waals surface area contributed by atoms with E-state index in [0.717, 1.165) is 56.6 Å². The van der Waals surface area contributed by atoms with Crippen molar-refractivity contribution in [3.63, 3.8) is 0 Å². The summed E-state index contributed by atoms with van der Waals surface area (Å²) >= 11 is 0. The molecule has 2 aromatic carbocycles. The third kappa shape index (κ3) is 6.53. The number of hydrogen-bond donors (Lipinski definition) is 4. The van der Waals surface area contributed by atoms with Gasteiger partial charge in [-0.15, -0.1) is 0 Å². The van der Waals surface area contributed by atoms with Crippen LogP contribution in [0.2, 0.25) is 0 Å². The summed E-state index contributed by atoms with van der Waals surface area (Å²) in [6.45, 7) is 17.4. The molecule has 2 aromatic rings. The second-order valence-corrected chi connectivity index (χ2v) is 18.7. The van der Waals surface area contributed by atoms with Gasteiger partial charge in [0.25, 0.3) is 5.91 Å². The lowest BCUT2D eigenvalue weighted by molar-refractivity contribution is -0.246. The highest BCUT2D eigenvalue weighted by Crippen LogP contribution is 2.75. The van der Waals surface area contributed by atoms with E-state index in [0.29, 0.717) is 36.3 Å². The third-order valence-electron chi connectivity index (χ3n) is 16.3. The van der Waals surface area contributed by atoms with Gasteiger partial charge in [-0.1, -0.05) is 73.1 Å². The van der Waals surface area contributed by atoms with E-state index < -0.39 is 17.2 Å². The zero-order valence-electron chi connectivity index (χ0n) is 33.1. The van der Waals surface area contributed by atoms with Gasteiger partial charge in [0, 0.05) is 24.2 Å². The van der Waals surface area contributed by atoms with Crippen molar-refractivity contribution in [3.8, 4) is 0 Å². The van der Waals surface area contributed by atoms with Gasteiger partial charge in [0.1, 0.15) is 5.82 Å². The third-order valence-corrected chi connectivity index (χ3v) is 16.3. The van der Waals surface area contributed by atoms with Crippen LogP contribution in [0.5, 0.6) is 0 Å². The van der Waals surface area contributed by atoms with Crippen LogP contribution in [0.3, 0.4) is 0 Å². The Balaban J connectivity index is 1.10. The number of aromatic carboxylic acids is 1.